The van der Waals surface area contributed by atoms with Crippen molar-refractivity contribution in [2.24, 2.45) is 11.7 Å². The lowest BCUT2D eigenvalue weighted by Crippen LogP contribution is -2.33. The second kappa shape index (κ2) is 12.1. The van der Waals surface area contributed by atoms with Gasteiger partial charge in [0, 0.05) is 13.1 Å². The molecule has 2 aromatic carbocycles. The first kappa shape index (κ1) is 24.4. The molecule has 154 valence electrons. The van der Waals surface area contributed by atoms with Gasteiger partial charge in [-0.2, -0.15) is 0 Å². The van der Waals surface area contributed by atoms with E-state index in [1.807, 2.05) is 30.3 Å². The van der Waals surface area contributed by atoms with Crippen LogP contribution in [0.25, 0.3) is 0 Å². The zero-order valence-electron chi connectivity index (χ0n) is 16.3. The van der Waals surface area contributed by atoms with Crippen LogP contribution in [0.1, 0.15) is 42.5 Å². The van der Waals surface area contributed by atoms with Gasteiger partial charge in [0.05, 0.1) is 0 Å². The van der Waals surface area contributed by atoms with E-state index in [0.717, 1.165) is 23.6 Å². The average molecular weight is 424 g/mol. The van der Waals surface area contributed by atoms with Crippen LogP contribution in [0, 0.1) is 5.92 Å². The van der Waals surface area contributed by atoms with Gasteiger partial charge in [0.25, 0.3) is 0 Å². The summed E-state index contributed by atoms with van der Waals surface area (Å²) in [7, 11) is 0. The van der Waals surface area contributed by atoms with Crippen LogP contribution in [0.5, 0.6) is 0 Å². The van der Waals surface area contributed by atoms with E-state index in [0.29, 0.717) is 6.54 Å². The molecule has 4 nitrogen and oxygen atoms in total. The fourth-order valence-electron chi connectivity index (χ4n) is 3.35. The molecule has 1 aliphatic rings. The third-order valence-electron chi connectivity index (χ3n) is 5.21. The van der Waals surface area contributed by atoms with Crippen molar-refractivity contribution in [3.05, 3.63) is 71.3 Å². The van der Waals surface area contributed by atoms with Gasteiger partial charge in [0.15, 0.2) is 0 Å². The summed E-state index contributed by atoms with van der Waals surface area (Å²) >= 11 is 0. The van der Waals surface area contributed by atoms with Gasteiger partial charge in [-0.25, -0.2) is 0 Å². The number of carbonyl (C=O) groups excluding carboxylic acids is 1. The lowest BCUT2D eigenvalue weighted by atomic mass is 9.99. The summed E-state index contributed by atoms with van der Waals surface area (Å²) in [5.41, 5.74) is 9.27. The van der Waals surface area contributed by atoms with Gasteiger partial charge >= 0.3 is 0 Å². The summed E-state index contributed by atoms with van der Waals surface area (Å²) in [4.78, 5) is 14.8. The normalized spacial score (nSPS) is 15.8. The first-order chi connectivity index (χ1) is 12.6. The Morgan fingerprint density at radius 2 is 1.61 bits per heavy atom. The molecule has 1 heterocycles. The Balaban J connectivity index is 0.00000196. The van der Waals surface area contributed by atoms with Crippen molar-refractivity contribution in [3.8, 4) is 0 Å². The van der Waals surface area contributed by atoms with E-state index < -0.39 is 6.04 Å². The third kappa shape index (κ3) is 7.10. The lowest BCUT2D eigenvalue weighted by Gasteiger charge is -2.30. The molecule has 0 aromatic heterocycles. The minimum atomic E-state index is -0.628. The van der Waals surface area contributed by atoms with E-state index in [1.54, 1.807) is 0 Å². The van der Waals surface area contributed by atoms with E-state index in [-0.39, 0.29) is 30.7 Å². The molecule has 1 aliphatic heterocycles. The predicted octanol–water partition coefficient (Wildman–Crippen LogP) is 4.08. The Morgan fingerprint density at radius 1 is 1.04 bits per heavy atom. The van der Waals surface area contributed by atoms with Crippen LogP contribution in [0.2, 0.25) is 0 Å². The molecule has 1 atom stereocenters. The number of hydrogen-bond donors (Lipinski definition) is 2. The number of hydrogen-bond acceptors (Lipinski definition) is 3. The highest BCUT2D eigenvalue weighted by Crippen LogP contribution is 2.18. The Bertz CT molecular complexity index is 701. The van der Waals surface area contributed by atoms with E-state index in [4.69, 9.17) is 5.73 Å². The van der Waals surface area contributed by atoms with Crippen LogP contribution in [-0.2, 0) is 17.9 Å². The predicted molar refractivity (Wildman–Crippen MR) is 120 cm³/mol. The van der Waals surface area contributed by atoms with Crippen LogP contribution in [-0.4, -0.2) is 23.9 Å². The molecular formula is C22H31Cl2N3O. The number of benzene rings is 2. The van der Waals surface area contributed by atoms with Crippen molar-refractivity contribution < 1.29 is 4.79 Å². The molecule has 1 saturated heterocycles. The Labute approximate surface area is 180 Å². The van der Waals surface area contributed by atoms with Crippen LogP contribution in [0.4, 0.5) is 0 Å². The molecule has 3 N–H and O–H groups in total. The maximum atomic E-state index is 12.2. The summed E-state index contributed by atoms with van der Waals surface area (Å²) in [6.07, 6.45) is 2.59. The molecule has 3 rings (SSSR count). The summed E-state index contributed by atoms with van der Waals surface area (Å²) in [6.45, 7) is 6.23. The number of likely N-dealkylation sites (tertiary alicyclic amines) is 1. The van der Waals surface area contributed by atoms with Crippen molar-refractivity contribution in [3.63, 3.8) is 0 Å². The van der Waals surface area contributed by atoms with E-state index in [1.165, 1.54) is 31.5 Å². The highest BCUT2D eigenvalue weighted by atomic mass is 35.5. The van der Waals surface area contributed by atoms with Crippen LogP contribution in [0.3, 0.4) is 0 Å². The smallest absolute Gasteiger partial charge is 0.241 e. The molecule has 0 bridgehead atoms. The largest absolute Gasteiger partial charge is 0.350 e. The maximum Gasteiger partial charge on any atom is 0.241 e. The minimum Gasteiger partial charge on any atom is -0.350 e. The second-order valence-electron chi connectivity index (χ2n) is 7.38. The number of nitrogens with zero attached hydrogens (tertiary/aromatic N) is 1. The van der Waals surface area contributed by atoms with Gasteiger partial charge in [-0.15, -0.1) is 24.8 Å². The molecule has 0 spiro atoms. The van der Waals surface area contributed by atoms with Crippen molar-refractivity contribution in [2.45, 2.75) is 38.9 Å². The first-order valence-electron chi connectivity index (χ1n) is 9.50. The number of carbonyl (C=O) groups is 1. The van der Waals surface area contributed by atoms with Gasteiger partial charge in [-0.05, 0) is 48.5 Å². The van der Waals surface area contributed by atoms with E-state index >= 15 is 0 Å². The van der Waals surface area contributed by atoms with E-state index in [2.05, 4.69) is 41.4 Å². The Hall–Kier alpha value is -1.59. The Kier molecular flexibility index (Phi) is 10.5. The zero-order chi connectivity index (χ0) is 18.4. The summed E-state index contributed by atoms with van der Waals surface area (Å²) in [6, 6.07) is 17.3. The number of piperidine rings is 1. The number of halogens is 2. The molecule has 1 unspecified atom stereocenters. The molecule has 28 heavy (non-hydrogen) atoms. The molecule has 6 heteroatoms. The molecule has 0 saturated carbocycles. The molecule has 2 aromatic rings. The minimum absolute atomic E-state index is 0. The average Bonchev–Trinajstić information content (AvgIpc) is 2.69. The number of nitrogens with one attached hydrogen (secondary N) is 1. The summed E-state index contributed by atoms with van der Waals surface area (Å²) in [5.74, 6) is 0.710. The highest BCUT2D eigenvalue weighted by Gasteiger charge is 2.16. The number of amides is 1. The monoisotopic (exact) mass is 423 g/mol. The molecular weight excluding hydrogens is 393 g/mol. The fourth-order valence-corrected chi connectivity index (χ4v) is 3.35. The van der Waals surface area contributed by atoms with Crippen LogP contribution < -0.4 is 11.1 Å². The standard InChI is InChI=1S/C22H29N3O.2ClH/c1-17-11-13-25(14-12-17)16-19-9-7-18(8-10-19)15-24-22(26)21(23)20-5-3-2-4-6-20;;/h2-10,17,21H,11-16,23H2,1H3,(H,24,26);2*1H. The molecule has 1 amide bonds. The van der Waals surface area contributed by atoms with Gasteiger partial charge in [0.2, 0.25) is 5.91 Å². The van der Waals surface area contributed by atoms with Gasteiger partial charge in [-0.1, -0.05) is 61.5 Å². The molecule has 1 fully saturated rings. The summed E-state index contributed by atoms with van der Waals surface area (Å²) < 4.78 is 0. The Morgan fingerprint density at radius 3 is 2.21 bits per heavy atom. The zero-order valence-corrected chi connectivity index (χ0v) is 18.0. The van der Waals surface area contributed by atoms with Crippen molar-refractivity contribution in [1.29, 1.82) is 0 Å². The number of rotatable bonds is 6. The van der Waals surface area contributed by atoms with Gasteiger partial charge in [0.1, 0.15) is 6.04 Å². The van der Waals surface area contributed by atoms with Crippen LogP contribution >= 0.6 is 24.8 Å². The highest BCUT2D eigenvalue weighted by molar-refractivity contribution is 5.85. The van der Waals surface area contributed by atoms with Crippen molar-refractivity contribution >= 4 is 30.7 Å². The van der Waals surface area contributed by atoms with Gasteiger partial charge < -0.3 is 11.1 Å². The number of nitrogens with two attached hydrogens (primary N) is 1. The molecule has 0 aliphatic carbocycles. The topological polar surface area (TPSA) is 58.4 Å². The fraction of sp³-hybridized carbons (Fsp3) is 0.409. The maximum absolute atomic E-state index is 12.2. The van der Waals surface area contributed by atoms with E-state index in [9.17, 15) is 4.79 Å². The van der Waals surface area contributed by atoms with Crippen molar-refractivity contribution in [2.75, 3.05) is 13.1 Å². The summed E-state index contributed by atoms with van der Waals surface area (Å²) in [5, 5.41) is 2.93. The van der Waals surface area contributed by atoms with Crippen LogP contribution in [0.15, 0.2) is 54.6 Å². The second-order valence-corrected chi connectivity index (χ2v) is 7.38. The lowest BCUT2D eigenvalue weighted by molar-refractivity contribution is -0.122. The third-order valence-corrected chi connectivity index (χ3v) is 5.21. The SMILES string of the molecule is CC1CCN(Cc2ccc(CNC(=O)C(N)c3ccccc3)cc2)CC1.Cl.Cl. The van der Waals surface area contributed by atoms with Crippen molar-refractivity contribution in [1.82, 2.24) is 10.2 Å². The quantitative estimate of drug-likeness (QED) is 0.735. The molecule has 0 radical (unpaired) electrons. The first-order valence-corrected chi connectivity index (χ1v) is 9.50. The van der Waals surface area contributed by atoms with Gasteiger partial charge in [-0.3, -0.25) is 9.69 Å².